The summed E-state index contributed by atoms with van der Waals surface area (Å²) in [7, 11) is 1.72. The molecule has 0 amide bonds. The summed E-state index contributed by atoms with van der Waals surface area (Å²) in [6.45, 7) is 5.83. The Hall–Kier alpha value is -0.940. The fourth-order valence-corrected chi connectivity index (χ4v) is 3.13. The molecule has 2 rings (SSSR count). The average molecular weight is 291 g/mol. The van der Waals surface area contributed by atoms with Crippen molar-refractivity contribution in [3.8, 4) is 0 Å². The normalized spacial score (nSPS) is 25.0. The minimum Gasteiger partial charge on any atom is -0.380 e. The van der Waals surface area contributed by atoms with Crippen LogP contribution in [-0.2, 0) is 11.3 Å². The molecule has 21 heavy (non-hydrogen) atoms. The predicted octanol–water partition coefficient (Wildman–Crippen LogP) is 2.60. The number of ether oxygens (including phenoxy) is 1. The van der Waals surface area contributed by atoms with Gasteiger partial charge in [-0.15, -0.1) is 0 Å². The van der Waals surface area contributed by atoms with Crippen molar-refractivity contribution < 1.29 is 4.74 Å². The Labute approximate surface area is 128 Å². The smallest absolute Gasteiger partial charge is 0.0713 e. The van der Waals surface area contributed by atoms with E-state index in [-0.39, 0.29) is 6.04 Å². The molecule has 0 aromatic heterocycles. The van der Waals surface area contributed by atoms with Gasteiger partial charge in [-0.25, -0.2) is 10.4 Å². The largest absolute Gasteiger partial charge is 0.380 e. The fourth-order valence-electron chi connectivity index (χ4n) is 3.13. The summed E-state index contributed by atoms with van der Waals surface area (Å²) in [5, 5.41) is 2.39. The number of hydrogen-bond donors (Lipinski definition) is 2. The molecule has 0 saturated carbocycles. The van der Waals surface area contributed by atoms with Gasteiger partial charge in [0.2, 0.25) is 0 Å². The van der Waals surface area contributed by atoms with Crippen LogP contribution < -0.4 is 11.2 Å². The standard InChI is InChI=1S/C17H29N3O/c1-13-5-4-6-14(2)20(13)19-17(11-18)16-9-7-15(8-10-16)12-21-3/h7-10,13-14,17,19H,4-6,11-12,18H2,1-3H3. The van der Waals surface area contributed by atoms with Crippen LogP contribution in [0.15, 0.2) is 24.3 Å². The predicted molar refractivity (Wildman–Crippen MR) is 86.7 cm³/mol. The molecule has 3 unspecified atom stereocenters. The van der Waals surface area contributed by atoms with E-state index in [0.29, 0.717) is 25.2 Å². The van der Waals surface area contributed by atoms with Crippen LogP contribution in [0.3, 0.4) is 0 Å². The fraction of sp³-hybridized carbons (Fsp3) is 0.647. The highest BCUT2D eigenvalue weighted by molar-refractivity contribution is 5.25. The zero-order valence-electron chi connectivity index (χ0n) is 13.5. The van der Waals surface area contributed by atoms with Gasteiger partial charge < -0.3 is 10.5 Å². The van der Waals surface area contributed by atoms with Crippen LogP contribution in [-0.4, -0.2) is 30.7 Å². The van der Waals surface area contributed by atoms with Crippen molar-refractivity contribution in [3.63, 3.8) is 0 Å². The number of methoxy groups -OCH3 is 1. The van der Waals surface area contributed by atoms with Crippen molar-refractivity contribution in [1.29, 1.82) is 0 Å². The first kappa shape index (κ1) is 16.4. The van der Waals surface area contributed by atoms with E-state index in [0.717, 1.165) is 0 Å². The Bertz CT molecular complexity index is 411. The average Bonchev–Trinajstić information content (AvgIpc) is 2.49. The van der Waals surface area contributed by atoms with E-state index in [4.69, 9.17) is 10.5 Å². The highest BCUT2D eigenvalue weighted by Crippen LogP contribution is 2.23. The molecule has 1 saturated heterocycles. The van der Waals surface area contributed by atoms with E-state index >= 15 is 0 Å². The number of piperidine rings is 1. The van der Waals surface area contributed by atoms with Gasteiger partial charge >= 0.3 is 0 Å². The van der Waals surface area contributed by atoms with Crippen LogP contribution in [0.5, 0.6) is 0 Å². The van der Waals surface area contributed by atoms with Gasteiger partial charge in [0.1, 0.15) is 0 Å². The van der Waals surface area contributed by atoms with Crippen molar-refractivity contribution in [2.24, 2.45) is 5.73 Å². The third kappa shape index (κ3) is 4.27. The van der Waals surface area contributed by atoms with E-state index in [9.17, 15) is 0 Å². The second-order valence-electron chi connectivity index (χ2n) is 6.13. The molecule has 1 aliphatic heterocycles. The van der Waals surface area contributed by atoms with Crippen molar-refractivity contribution in [3.05, 3.63) is 35.4 Å². The second-order valence-corrected chi connectivity index (χ2v) is 6.13. The van der Waals surface area contributed by atoms with Crippen molar-refractivity contribution in [2.45, 2.75) is 57.8 Å². The highest BCUT2D eigenvalue weighted by atomic mass is 16.5. The summed E-state index contributed by atoms with van der Waals surface area (Å²) in [5.74, 6) is 0. The zero-order valence-corrected chi connectivity index (χ0v) is 13.5. The maximum Gasteiger partial charge on any atom is 0.0713 e. The van der Waals surface area contributed by atoms with Gasteiger partial charge in [0.15, 0.2) is 0 Å². The Morgan fingerprint density at radius 2 is 1.86 bits per heavy atom. The molecule has 1 fully saturated rings. The number of benzene rings is 1. The minimum absolute atomic E-state index is 0.171. The van der Waals surface area contributed by atoms with Gasteiger partial charge in [0.25, 0.3) is 0 Å². The lowest BCUT2D eigenvalue weighted by molar-refractivity contribution is 0.0304. The van der Waals surface area contributed by atoms with Crippen LogP contribution in [0.4, 0.5) is 0 Å². The quantitative estimate of drug-likeness (QED) is 0.846. The molecule has 118 valence electrons. The summed E-state index contributed by atoms with van der Waals surface area (Å²) in [4.78, 5) is 0. The van der Waals surface area contributed by atoms with Crippen molar-refractivity contribution >= 4 is 0 Å². The molecule has 4 nitrogen and oxygen atoms in total. The molecular weight excluding hydrogens is 262 g/mol. The van der Waals surface area contributed by atoms with E-state index in [1.165, 1.54) is 30.4 Å². The Morgan fingerprint density at radius 1 is 1.24 bits per heavy atom. The number of rotatable bonds is 6. The summed E-state index contributed by atoms with van der Waals surface area (Å²) < 4.78 is 5.16. The van der Waals surface area contributed by atoms with Crippen LogP contribution in [0.2, 0.25) is 0 Å². The molecule has 1 heterocycles. The molecule has 1 aliphatic rings. The summed E-state index contributed by atoms with van der Waals surface area (Å²) in [6.07, 6.45) is 3.82. The van der Waals surface area contributed by atoms with E-state index < -0.39 is 0 Å². The van der Waals surface area contributed by atoms with Gasteiger partial charge in [0, 0.05) is 25.7 Å². The summed E-state index contributed by atoms with van der Waals surface area (Å²) in [6, 6.07) is 9.84. The summed E-state index contributed by atoms with van der Waals surface area (Å²) >= 11 is 0. The molecule has 0 radical (unpaired) electrons. The third-order valence-corrected chi connectivity index (χ3v) is 4.43. The lowest BCUT2D eigenvalue weighted by Gasteiger charge is -2.41. The maximum atomic E-state index is 6.00. The van der Waals surface area contributed by atoms with Crippen LogP contribution in [0.1, 0.15) is 50.3 Å². The van der Waals surface area contributed by atoms with Crippen LogP contribution >= 0.6 is 0 Å². The van der Waals surface area contributed by atoms with E-state index in [1.54, 1.807) is 7.11 Å². The van der Waals surface area contributed by atoms with E-state index in [1.807, 2.05) is 0 Å². The van der Waals surface area contributed by atoms with Gasteiger partial charge in [-0.05, 0) is 37.8 Å². The molecule has 3 atom stereocenters. The number of nitrogens with one attached hydrogen (secondary N) is 1. The first-order valence-corrected chi connectivity index (χ1v) is 7.98. The molecule has 4 heteroatoms. The Balaban J connectivity index is 2.04. The molecule has 0 bridgehead atoms. The monoisotopic (exact) mass is 291 g/mol. The molecule has 1 aromatic carbocycles. The molecule has 0 aliphatic carbocycles. The molecule has 0 spiro atoms. The van der Waals surface area contributed by atoms with Crippen LogP contribution in [0.25, 0.3) is 0 Å². The lowest BCUT2D eigenvalue weighted by atomic mass is 9.99. The van der Waals surface area contributed by atoms with E-state index in [2.05, 4.69) is 48.5 Å². The lowest BCUT2D eigenvalue weighted by Crippen LogP contribution is -2.54. The second kappa shape index (κ2) is 7.90. The number of hydrazine groups is 1. The summed E-state index contributed by atoms with van der Waals surface area (Å²) in [5.41, 5.74) is 12.1. The highest BCUT2D eigenvalue weighted by Gasteiger charge is 2.26. The first-order valence-electron chi connectivity index (χ1n) is 7.98. The van der Waals surface area contributed by atoms with Crippen molar-refractivity contribution in [2.75, 3.05) is 13.7 Å². The number of nitrogens with zero attached hydrogens (tertiary/aromatic N) is 1. The number of hydrogen-bond acceptors (Lipinski definition) is 4. The Kier molecular flexibility index (Phi) is 6.18. The number of nitrogens with two attached hydrogens (primary N) is 1. The maximum absolute atomic E-state index is 6.00. The van der Waals surface area contributed by atoms with Gasteiger partial charge in [0.05, 0.1) is 12.6 Å². The first-order chi connectivity index (χ1) is 10.2. The minimum atomic E-state index is 0.171. The molecule has 1 aromatic rings. The zero-order chi connectivity index (χ0) is 15.2. The van der Waals surface area contributed by atoms with Crippen LogP contribution in [0, 0.1) is 0 Å². The third-order valence-electron chi connectivity index (χ3n) is 4.43. The molecular formula is C17H29N3O. The van der Waals surface area contributed by atoms with Gasteiger partial charge in [-0.2, -0.15) is 0 Å². The Morgan fingerprint density at radius 3 is 2.38 bits per heavy atom. The van der Waals surface area contributed by atoms with Gasteiger partial charge in [-0.3, -0.25) is 0 Å². The van der Waals surface area contributed by atoms with Crippen molar-refractivity contribution in [1.82, 2.24) is 10.4 Å². The molecule has 3 N–H and O–H groups in total. The SMILES string of the molecule is COCc1ccc(C(CN)NN2C(C)CCCC2C)cc1. The topological polar surface area (TPSA) is 50.5 Å². The van der Waals surface area contributed by atoms with Gasteiger partial charge in [-0.1, -0.05) is 30.7 Å².